The summed E-state index contributed by atoms with van der Waals surface area (Å²) >= 11 is 13.5. The lowest BCUT2D eigenvalue weighted by Crippen LogP contribution is -2.22. The summed E-state index contributed by atoms with van der Waals surface area (Å²) in [5.74, 6) is -0.978. The number of anilines is 4. The molecule has 1 aliphatic rings. The SMILES string of the molecule is C=CCC(=O)COP(=O)(COCCn1cnc2c(=O)[nH]c(N)nc21)OCc1cccc(Br)c1.CC(=O)COP(=O)(COCCn1cnc2c(=O)[nH]c(N)nc21)OCc1cccc(Br)c1.CCC(=O)COP(=O)(COCCn1cnc2c(=O)[nH]c(N)nc21)OCc1cccc(Br)c1.Nc1nc2c(ncn2CCOCP(=O)(OCC(=O)C2CCCCC2)OCc2cccc(Br)c2)c(=O)[nH]1. The summed E-state index contributed by atoms with van der Waals surface area (Å²) in [6.07, 6.45) is 11.0. The van der Waals surface area contributed by atoms with E-state index >= 15 is 0 Å². The van der Waals surface area contributed by atoms with Crippen LogP contribution in [0.2, 0.25) is 0 Å². The van der Waals surface area contributed by atoms with E-state index in [0.717, 1.165) is 72.2 Å². The van der Waals surface area contributed by atoms with Crippen LogP contribution in [0.25, 0.3) is 44.7 Å². The van der Waals surface area contributed by atoms with Crippen molar-refractivity contribution in [1.82, 2.24) is 78.1 Å². The monoisotopic (exact) mass is 2160 g/mol. The molecule has 12 N–H and O–H groups in total. The Labute approximate surface area is 786 Å². The van der Waals surface area contributed by atoms with E-state index in [0.29, 0.717) is 22.6 Å². The van der Waals surface area contributed by atoms with Crippen LogP contribution in [0.3, 0.4) is 0 Å². The highest BCUT2D eigenvalue weighted by atomic mass is 79.9. The first kappa shape index (κ1) is 104. The van der Waals surface area contributed by atoms with Crippen molar-refractivity contribution in [2.45, 2.75) is 111 Å². The number of allylic oxidation sites excluding steroid dienone is 1. The fourth-order valence-corrected chi connectivity index (χ4v) is 19.0. The van der Waals surface area contributed by atoms with Gasteiger partial charge in [-0.3, -0.25) is 94.6 Å². The Kier molecular flexibility index (Phi) is 40.4. The van der Waals surface area contributed by atoms with E-state index in [4.69, 9.17) is 78.1 Å². The van der Waals surface area contributed by atoms with E-state index in [1.807, 2.05) is 97.1 Å². The first-order chi connectivity index (χ1) is 63.2. The van der Waals surface area contributed by atoms with E-state index in [1.54, 1.807) is 25.2 Å². The van der Waals surface area contributed by atoms with Crippen molar-refractivity contribution >= 4 is 186 Å². The molecule has 1 fully saturated rings. The highest BCUT2D eigenvalue weighted by Crippen LogP contribution is 2.52. The quantitative estimate of drug-likeness (QED) is 0.00997. The number of aromatic amines is 4. The number of carbonyl (C=O) groups excluding carboxylic acids is 4. The second kappa shape index (κ2) is 51.1. The Balaban J connectivity index is 0.000000183. The summed E-state index contributed by atoms with van der Waals surface area (Å²) in [6, 6.07) is 29.4. The number of hydrogen-bond acceptors (Lipinski definition) is 36. The zero-order valence-electron chi connectivity index (χ0n) is 71.3. The average molecular weight is 2170 g/mol. The lowest BCUT2D eigenvalue weighted by Gasteiger charge is -2.22. The van der Waals surface area contributed by atoms with E-state index in [2.05, 4.69) is 130 Å². The maximum atomic E-state index is 13.5. The van der Waals surface area contributed by atoms with Gasteiger partial charge in [0.15, 0.2) is 67.8 Å². The molecule has 132 heavy (non-hydrogen) atoms. The Morgan fingerprint density at radius 3 is 0.977 bits per heavy atom. The van der Waals surface area contributed by atoms with Crippen LogP contribution in [0, 0.1) is 5.92 Å². The molecule has 8 aromatic heterocycles. The topological polar surface area (TPSA) is 606 Å². The summed E-state index contributed by atoms with van der Waals surface area (Å²) < 4.78 is 129. The van der Waals surface area contributed by atoms with Gasteiger partial charge >= 0.3 is 30.4 Å². The van der Waals surface area contributed by atoms with Crippen LogP contribution in [0.1, 0.15) is 81.0 Å². The third-order valence-corrected chi connectivity index (χ3v) is 26.8. The zero-order valence-corrected chi connectivity index (χ0v) is 81.2. The van der Waals surface area contributed by atoms with E-state index in [9.17, 15) is 56.6 Å². The molecule has 0 radical (unpaired) electrons. The number of nitrogen functional groups attached to an aromatic ring is 4. The normalized spacial score (nSPS) is 14.1. The Hall–Kier alpha value is -9.74. The minimum atomic E-state index is -3.76. The van der Waals surface area contributed by atoms with Gasteiger partial charge in [-0.1, -0.05) is 145 Å². The van der Waals surface area contributed by atoms with E-state index in [1.165, 1.54) is 38.3 Å². The highest BCUT2D eigenvalue weighted by molar-refractivity contribution is 9.11. The number of ether oxygens (including phenoxy) is 4. The van der Waals surface area contributed by atoms with Gasteiger partial charge in [-0.15, -0.1) is 6.58 Å². The van der Waals surface area contributed by atoms with E-state index < -0.39 is 52.6 Å². The lowest BCUT2D eigenvalue weighted by molar-refractivity contribution is -0.126. The second-order valence-electron chi connectivity index (χ2n) is 29.0. The van der Waals surface area contributed by atoms with Crippen LogP contribution in [0.15, 0.2) is 172 Å². The Morgan fingerprint density at radius 2 is 0.705 bits per heavy atom. The number of rotatable bonds is 48. The lowest BCUT2D eigenvalue weighted by atomic mass is 9.86. The van der Waals surface area contributed by atoms with Crippen molar-refractivity contribution in [3.63, 3.8) is 0 Å². The van der Waals surface area contributed by atoms with Crippen LogP contribution in [0.4, 0.5) is 23.8 Å². The van der Waals surface area contributed by atoms with Crippen molar-refractivity contribution in [1.29, 1.82) is 0 Å². The fraction of sp³-hybridized carbons (Fsp3) is 0.375. The Bertz CT molecular complexity index is 6440. The van der Waals surface area contributed by atoms with Gasteiger partial charge in [-0.2, -0.15) is 19.9 Å². The van der Waals surface area contributed by atoms with Crippen molar-refractivity contribution in [3.8, 4) is 0 Å². The van der Waals surface area contributed by atoms with Gasteiger partial charge in [0.1, 0.15) is 51.8 Å². The van der Waals surface area contributed by atoms with Crippen molar-refractivity contribution < 1.29 is 92.6 Å². The van der Waals surface area contributed by atoms with Gasteiger partial charge in [0.05, 0.1) is 78.2 Å². The van der Waals surface area contributed by atoms with Gasteiger partial charge in [-0.25, -0.2) is 19.9 Å². The van der Waals surface area contributed by atoms with Crippen LogP contribution >= 0.6 is 94.1 Å². The third kappa shape index (κ3) is 33.1. The predicted molar refractivity (Wildman–Crippen MR) is 501 cm³/mol. The van der Waals surface area contributed by atoms with Gasteiger partial charge in [-0.05, 0) is 90.6 Å². The molecule has 4 aromatic carbocycles. The molecule has 0 bridgehead atoms. The number of H-pyrrole nitrogens is 4. The van der Waals surface area contributed by atoms with Crippen LogP contribution in [-0.2, 0) is 145 Å². The summed E-state index contributed by atoms with van der Waals surface area (Å²) in [6.45, 7) is 6.76. The fourth-order valence-electron chi connectivity index (χ4n) is 12.1. The number of ketones is 4. The minimum absolute atomic E-state index is 0.00780. The van der Waals surface area contributed by atoms with Gasteiger partial charge in [0.25, 0.3) is 22.2 Å². The number of Topliss-reactive ketones (excluding diaryl/α,β-unsaturated/α-hetero) is 4. The van der Waals surface area contributed by atoms with E-state index in [-0.39, 0.29) is 219 Å². The standard InChI is InChI=1S/C23H29BrN5O6P.C20H23BrN5O6P.C19H23BrN5O6P.C18H21BrN5O6P/c24-18-8-4-5-16(11-18)12-34-36(32,35-13-19(30)17-6-2-1-3-7-17)15-33-10-9-29-14-26-20-21(29)27-23(25)28-22(20)31;1-2-4-16(27)11-32-33(29,31-10-14-5-3-6-15(21)9-14)13-30-8-7-26-12-23-17-18(26)24-20(22)25-19(17)28;1-2-15(26)10-31-32(28,30-9-13-4-3-5-14(20)8-13)12-29-7-6-25-11-22-16-17(25)23-19(21)24-18(16)27;1-12(25)8-29-31(27,30-9-13-3-2-4-14(19)7-13)11-28-6-5-24-10-21-15-16(24)22-18(20)23-17(15)26/h4-5,8,11,14,17H,1-3,6-7,9-10,12-13,15H2,(H3,25,27,28,31);2-3,5-6,9,12H,1,4,7-8,10-11,13H2,(H3,22,24,25,28);3-5,8,11H,2,6-7,9-10,12H2,1H3,(H3,21,23,24,27);2-4,7,10H,5-6,8-9,11H2,1H3,(H3,20,22,23,26). The molecule has 708 valence electrons. The molecule has 8 heterocycles. The molecule has 4 unspecified atom stereocenters. The van der Waals surface area contributed by atoms with Crippen molar-refractivity contribution in [2.24, 2.45) is 5.92 Å². The molecular weight excluding hydrogens is 2070 g/mol. The Morgan fingerprint density at radius 1 is 0.424 bits per heavy atom. The molecule has 1 aliphatic carbocycles. The molecule has 0 saturated heterocycles. The molecular formula is C80H96Br4N20O24P4. The molecule has 4 atom stereocenters. The smallest absolute Gasteiger partial charge is 0.356 e. The van der Waals surface area contributed by atoms with Gasteiger partial charge < -0.3 is 78.2 Å². The first-order valence-electron chi connectivity index (χ1n) is 40.5. The maximum absolute atomic E-state index is 13.5. The molecule has 12 aromatic rings. The third-order valence-electron chi connectivity index (χ3n) is 18.7. The summed E-state index contributed by atoms with van der Waals surface area (Å²) in [4.78, 5) is 137. The highest BCUT2D eigenvalue weighted by Gasteiger charge is 2.33. The molecule has 0 aliphatic heterocycles. The number of halogens is 4. The number of nitrogens with two attached hydrogens (primary N) is 4. The van der Waals surface area contributed by atoms with Crippen molar-refractivity contribution in [2.75, 3.05) is 101 Å². The average Bonchev–Trinajstić information content (AvgIpc) is 1.55. The first-order valence-corrected chi connectivity index (χ1v) is 50.6. The van der Waals surface area contributed by atoms with Crippen molar-refractivity contribution in [3.05, 3.63) is 217 Å². The number of nitrogens with one attached hydrogen (secondary N) is 4. The molecule has 0 spiro atoms. The number of carbonyl (C=O) groups is 4. The summed E-state index contributed by atoms with van der Waals surface area (Å²) in [5, 5.41) is 0. The van der Waals surface area contributed by atoms with Crippen LogP contribution in [0.5, 0.6) is 0 Å². The number of imidazole rings is 4. The largest absolute Gasteiger partial charge is 0.369 e. The molecule has 52 heteroatoms. The molecule has 1 saturated carbocycles. The predicted octanol–water partition coefficient (Wildman–Crippen LogP) is 12.3. The van der Waals surface area contributed by atoms with Crippen LogP contribution < -0.4 is 45.2 Å². The second-order valence-corrected chi connectivity index (χ2v) is 40.6. The number of nitrogens with zero attached hydrogens (tertiary/aromatic N) is 12. The molecule has 13 rings (SSSR count). The minimum Gasteiger partial charge on any atom is -0.369 e. The van der Waals surface area contributed by atoms with Gasteiger partial charge in [0.2, 0.25) is 23.8 Å². The summed E-state index contributed by atoms with van der Waals surface area (Å²) in [5.41, 5.74) is 25.6. The summed E-state index contributed by atoms with van der Waals surface area (Å²) in [7, 11) is -14.9. The maximum Gasteiger partial charge on any atom is 0.356 e. The number of fused-ring (bicyclic) bond motifs is 4. The zero-order chi connectivity index (χ0) is 95.0. The molecule has 44 nitrogen and oxygen atoms in total. The number of hydrogen-bond donors (Lipinski definition) is 8. The molecule has 0 amide bonds. The number of benzene rings is 4. The number of aromatic nitrogens is 16. The van der Waals surface area contributed by atoms with Crippen LogP contribution in [-0.4, -0.2) is 179 Å². The van der Waals surface area contributed by atoms with Gasteiger partial charge in [0, 0.05) is 62.8 Å².